The van der Waals surface area contributed by atoms with Gasteiger partial charge in [0.1, 0.15) is 12.2 Å². The van der Waals surface area contributed by atoms with Crippen LogP contribution < -0.4 is 0 Å². The molecule has 0 unspecified atom stereocenters. The first-order valence-corrected chi connectivity index (χ1v) is 4.41. The van der Waals surface area contributed by atoms with Crippen molar-refractivity contribution in [3.63, 3.8) is 0 Å². The van der Waals surface area contributed by atoms with Crippen molar-refractivity contribution in [3.05, 3.63) is 30.9 Å². The van der Waals surface area contributed by atoms with Crippen LogP contribution in [0.2, 0.25) is 0 Å². The number of halogens is 3. The molecule has 2 rings (SSSR count). The van der Waals surface area contributed by atoms with Gasteiger partial charge in [-0.25, -0.2) is 0 Å². The Kier molecular flexibility index (Phi) is 2.59. The molecule has 0 amide bonds. The van der Waals surface area contributed by atoms with E-state index in [9.17, 15) is 13.2 Å². The number of hydrogen-bond donors (Lipinski definition) is 0. The first kappa shape index (κ1) is 10.6. The molecule has 0 aliphatic carbocycles. The normalized spacial score (nSPS) is 11.7. The summed E-state index contributed by atoms with van der Waals surface area (Å²) in [5, 5.41) is 3.61. The topological polar surface area (TPSA) is 43.6 Å². The molecule has 2 aromatic rings. The SMILES string of the molecule is FC(F)(F)Cn1nccc1-c1cnccn1. The van der Waals surface area contributed by atoms with E-state index in [1.54, 1.807) is 0 Å². The molecular formula is C9H7F3N4. The Morgan fingerprint density at radius 3 is 2.62 bits per heavy atom. The highest BCUT2D eigenvalue weighted by Gasteiger charge is 2.29. The Morgan fingerprint density at radius 1 is 1.19 bits per heavy atom. The summed E-state index contributed by atoms with van der Waals surface area (Å²) >= 11 is 0. The number of nitrogens with zero attached hydrogens (tertiary/aromatic N) is 4. The lowest BCUT2D eigenvalue weighted by Gasteiger charge is -2.09. The highest BCUT2D eigenvalue weighted by atomic mass is 19.4. The molecule has 0 bridgehead atoms. The van der Waals surface area contributed by atoms with Gasteiger partial charge in [0.15, 0.2) is 0 Å². The van der Waals surface area contributed by atoms with Gasteiger partial charge in [-0.3, -0.25) is 14.6 Å². The van der Waals surface area contributed by atoms with Crippen molar-refractivity contribution >= 4 is 0 Å². The molecule has 0 radical (unpaired) electrons. The third-order valence-electron chi connectivity index (χ3n) is 1.87. The smallest absolute Gasteiger partial charge is 0.261 e. The quantitative estimate of drug-likeness (QED) is 0.788. The van der Waals surface area contributed by atoms with Crippen molar-refractivity contribution in [2.75, 3.05) is 0 Å². The summed E-state index contributed by atoms with van der Waals surface area (Å²) in [5.41, 5.74) is 0.662. The molecule has 0 atom stereocenters. The van der Waals surface area contributed by atoms with Crippen LogP contribution >= 0.6 is 0 Å². The molecule has 0 saturated carbocycles. The molecule has 0 aliphatic heterocycles. The van der Waals surface area contributed by atoms with Crippen LogP contribution in [0.15, 0.2) is 30.9 Å². The van der Waals surface area contributed by atoms with E-state index in [2.05, 4.69) is 15.1 Å². The van der Waals surface area contributed by atoms with Crippen LogP contribution in [0.5, 0.6) is 0 Å². The predicted molar refractivity (Wildman–Crippen MR) is 49.3 cm³/mol. The molecule has 7 heteroatoms. The molecule has 4 nitrogen and oxygen atoms in total. The van der Waals surface area contributed by atoms with Crippen LogP contribution in [0.4, 0.5) is 13.2 Å². The predicted octanol–water partition coefficient (Wildman–Crippen LogP) is 1.90. The molecule has 0 fully saturated rings. The van der Waals surface area contributed by atoms with Gasteiger partial charge in [-0.2, -0.15) is 18.3 Å². The first-order valence-electron chi connectivity index (χ1n) is 4.41. The number of aromatic nitrogens is 4. The van der Waals surface area contributed by atoms with Crippen LogP contribution in [0.3, 0.4) is 0 Å². The Labute approximate surface area is 88.8 Å². The molecule has 0 N–H and O–H groups in total. The maximum absolute atomic E-state index is 12.2. The van der Waals surface area contributed by atoms with Gasteiger partial charge < -0.3 is 0 Å². The fourth-order valence-corrected chi connectivity index (χ4v) is 1.28. The van der Waals surface area contributed by atoms with E-state index in [0.29, 0.717) is 11.4 Å². The fourth-order valence-electron chi connectivity index (χ4n) is 1.28. The van der Waals surface area contributed by atoms with Crippen LogP contribution in [-0.4, -0.2) is 25.9 Å². The summed E-state index contributed by atoms with van der Waals surface area (Å²) < 4.78 is 37.5. The van der Waals surface area contributed by atoms with E-state index >= 15 is 0 Å². The van der Waals surface area contributed by atoms with E-state index in [1.165, 1.54) is 30.9 Å². The van der Waals surface area contributed by atoms with E-state index < -0.39 is 12.7 Å². The monoisotopic (exact) mass is 228 g/mol. The molecular weight excluding hydrogens is 221 g/mol. The number of hydrogen-bond acceptors (Lipinski definition) is 3. The van der Waals surface area contributed by atoms with Crippen LogP contribution in [0.25, 0.3) is 11.4 Å². The van der Waals surface area contributed by atoms with Gasteiger partial charge in [-0.15, -0.1) is 0 Å². The van der Waals surface area contributed by atoms with Gasteiger partial charge in [0, 0.05) is 18.6 Å². The van der Waals surface area contributed by atoms with Crippen molar-refractivity contribution in [1.29, 1.82) is 0 Å². The Morgan fingerprint density at radius 2 is 2.00 bits per heavy atom. The molecule has 0 aliphatic rings. The zero-order valence-electron chi connectivity index (χ0n) is 8.02. The van der Waals surface area contributed by atoms with Gasteiger partial charge >= 0.3 is 6.18 Å². The van der Waals surface area contributed by atoms with E-state index in [4.69, 9.17) is 0 Å². The minimum Gasteiger partial charge on any atom is -0.261 e. The van der Waals surface area contributed by atoms with Crippen LogP contribution in [0.1, 0.15) is 0 Å². The van der Waals surface area contributed by atoms with Crippen molar-refractivity contribution in [3.8, 4) is 11.4 Å². The minimum absolute atomic E-state index is 0.297. The average Bonchev–Trinajstić information content (AvgIpc) is 2.64. The van der Waals surface area contributed by atoms with Gasteiger partial charge in [-0.1, -0.05) is 0 Å². The highest BCUT2D eigenvalue weighted by Crippen LogP contribution is 2.21. The molecule has 0 spiro atoms. The van der Waals surface area contributed by atoms with Crippen molar-refractivity contribution in [2.45, 2.75) is 12.7 Å². The van der Waals surface area contributed by atoms with Crippen molar-refractivity contribution in [2.24, 2.45) is 0 Å². The number of rotatable bonds is 2. The largest absolute Gasteiger partial charge is 0.408 e. The van der Waals surface area contributed by atoms with Gasteiger partial charge in [0.05, 0.1) is 11.9 Å². The lowest BCUT2D eigenvalue weighted by molar-refractivity contribution is -0.142. The molecule has 0 saturated heterocycles. The second-order valence-corrected chi connectivity index (χ2v) is 3.08. The van der Waals surface area contributed by atoms with Crippen LogP contribution in [-0.2, 0) is 6.54 Å². The van der Waals surface area contributed by atoms with Gasteiger partial charge in [0.25, 0.3) is 0 Å². The van der Waals surface area contributed by atoms with E-state index in [0.717, 1.165) is 4.68 Å². The third-order valence-corrected chi connectivity index (χ3v) is 1.87. The van der Waals surface area contributed by atoms with Crippen LogP contribution in [0, 0.1) is 0 Å². The Bertz CT molecular complexity index is 463. The van der Waals surface area contributed by atoms with E-state index in [1.807, 2.05) is 0 Å². The molecule has 2 aromatic heterocycles. The van der Waals surface area contributed by atoms with Crippen molar-refractivity contribution < 1.29 is 13.2 Å². The maximum atomic E-state index is 12.2. The minimum atomic E-state index is -4.30. The summed E-state index contributed by atoms with van der Waals surface area (Å²) in [5.74, 6) is 0. The molecule has 84 valence electrons. The zero-order chi connectivity index (χ0) is 11.6. The molecule has 0 aromatic carbocycles. The Balaban J connectivity index is 2.33. The standard InChI is InChI=1S/C9H7F3N4/c10-9(11,12)6-16-8(1-2-15-16)7-5-13-3-4-14-7/h1-5H,6H2. The maximum Gasteiger partial charge on any atom is 0.408 e. The van der Waals surface area contributed by atoms with Gasteiger partial charge in [0.2, 0.25) is 0 Å². The lowest BCUT2D eigenvalue weighted by atomic mass is 10.3. The zero-order valence-corrected chi connectivity index (χ0v) is 8.02. The molecule has 2 heterocycles. The first-order chi connectivity index (χ1) is 7.56. The van der Waals surface area contributed by atoms with Crippen molar-refractivity contribution in [1.82, 2.24) is 19.7 Å². The number of alkyl halides is 3. The summed E-state index contributed by atoms with van der Waals surface area (Å²) in [7, 11) is 0. The Hall–Kier alpha value is -1.92. The summed E-state index contributed by atoms with van der Waals surface area (Å²) in [6, 6.07) is 1.47. The van der Waals surface area contributed by atoms with E-state index in [-0.39, 0.29) is 0 Å². The molecule has 16 heavy (non-hydrogen) atoms. The fraction of sp³-hybridized carbons (Fsp3) is 0.222. The summed E-state index contributed by atoms with van der Waals surface area (Å²) in [6.45, 7) is -1.13. The third kappa shape index (κ3) is 2.36. The second kappa shape index (κ2) is 3.92. The second-order valence-electron chi connectivity index (χ2n) is 3.08. The highest BCUT2D eigenvalue weighted by molar-refractivity contribution is 5.52. The average molecular weight is 228 g/mol. The summed E-state index contributed by atoms with van der Waals surface area (Å²) in [4.78, 5) is 7.71. The lowest BCUT2D eigenvalue weighted by Crippen LogP contribution is -2.19. The summed E-state index contributed by atoms with van der Waals surface area (Å²) in [6.07, 6.45) is 1.26. The van der Waals surface area contributed by atoms with Gasteiger partial charge in [-0.05, 0) is 6.07 Å².